The predicted molar refractivity (Wildman–Crippen MR) is 58.9 cm³/mol. The second-order valence-corrected chi connectivity index (χ2v) is 4.39. The normalized spacial score (nSPS) is 21.0. The smallest absolute Gasteiger partial charge is 0.270 e. The second-order valence-electron chi connectivity index (χ2n) is 3.95. The van der Waals surface area contributed by atoms with Crippen molar-refractivity contribution < 1.29 is 4.79 Å². The summed E-state index contributed by atoms with van der Waals surface area (Å²) in [4.78, 5) is 13.8. The maximum absolute atomic E-state index is 12.0. The summed E-state index contributed by atoms with van der Waals surface area (Å²) in [7, 11) is 1.81. The maximum atomic E-state index is 12.0. The average Bonchev–Trinajstić information content (AvgIpc) is 2.71. The first-order valence-corrected chi connectivity index (χ1v) is 5.32. The summed E-state index contributed by atoms with van der Waals surface area (Å²) in [6.45, 7) is 1.38. The molecule has 0 bridgehead atoms. The van der Waals surface area contributed by atoms with Crippen LogP contribution in [-0.4, -0.2) is 34.5 Å². The second kappa shape index (κ2) is 3.87. The Kier molecular flexibility index (Phi) is 2.71. The van der Waals surface area contributed by atoms with Crippen LogP contribution in [0.3, 0.4) is 0 Å². The molecule has 82 valence electrons. The van der Waals surface area contributed by atoms with Crippen molar-refractivity contribution in [2.75, 3.05) is 13.1 Å². The molecule has 1 amide bonds. The van der Waals surface area contributed by atoms with Gasteiger partial charge in [-0.1, -0.05) is 11.6 Å². The highest BCUT2D eigenvalue weighted by molar-refractivity contribution is 6.31. The highest BCUT2D eigenvalue weighted by Gasteiger charge is 2.26. The maximum Gasteiger partial charge on any atom is 0.270 e. The van der Waals surface area contributed by atoms with Crippen molar-refractivity contribution in [1.29, 1.82) is 0 Å². The van der Waals surface area contributed by atoms with Crippen molar-refractivity contribution in [3.63, 3.8) is 0 Å². The Morgan fingerprint density at radius 3 is 2.87 bits per heavy atom. The molecule has 5 heteroatoms. The number of aryl methyl sites for hydroxylation is 1. The zero-order chi connectivity index (χ0) is 11.0. The molecule has 1 aliphatic rings. The quantitative estimate of drug-likeness (QED) is 0.774. The zero-order valence-corrected chi connectivity index (χ0v) is 9.37. The number of nitrogens with zero attached hydrogens (tertiary/aromatic N) is 2. The van der Waals surface area contributed by atoms with Gasteiger partial charge in [-0.25, -0.2) is 0 Å². The topological polar surface area (TPSA) is 51.3 Å². The van der Waals surface area contributed by atoms with Gasteiger partial charge in [0, 0.05) is 32.4 Å². The van der Waals surface area contributed by atoms with E-state index in [9.17, 15) is 4.79 Å². The van der Waals surface area contributed by atoms with Crippen molar-refractivity contribution in [2.24, 2.45) is 12.8 Å². The van der Waals surface area contributed by atoms with Crippen LogP contribution in [0.1, 0.15) is 16.9 Å². The molecule has 1 aromatic heterocycles. The lowest BCUT2D eigenvalue weighted by Gasteiger charge is -2.15. The van der Waals surface area contributed by atoms with Crippen molar-refractivity contribution in [2.45, 2.75) is 12.5 Å². The molecule has 2 rings (SSSR count). The van der Waals surface area contributed by atoms with Crippen LogP contribution in [0.15, 0.2) is 12.3 Å². The number of hydrogen-bond acceptors (Lipinski definition) is 2. The third-order valence-electron chi connectivity index (χ3n) is 2.70. The van der Waals surface area contributed by atoms with Crippen LogP contribution in [0, 0.1) is 0 Å². The van der Waals surface area contributed by atoms with E-state index in [-0.39, 0.29) is 11.9 Å². The van der Waals surface area contributed by atoms with Crippen LogP contribution in [0.25, 0.3) is 0 Å². The molecule has 4 nitrogen and oxygen atoms in total. The molecule has 0 aromatic carbocycles. The molecular formula is C10H14ClN3O. The third kappa shape index (κ3) is 2.01. The number of aromatic nitrogens is 1. The van der Waals surface area contributed by atoms with Gasteiger partial charge in [0.2, 0.25) is 0 Å². The summed E-state index contributed by atoms with van der Waals surface area (Å²) in [6.07, 6.45) is 2.61. The number of likely N-dealkylation sites (tertiary alicyclic amines) is 1. The van der Waals surface area contributed by atoms with Gasteiger partial charge in [0.25, 0.3) is 5.91 Å². The van der Waals surface area contributed by atoms with Crippen molar-refractivity contribution >= 4 is 17.5 Å². The van der Waals surface area contributed by atoms with Gasteiger partial charge in [-0.05, 0) is 12.5 Å². The molecule has 0 spiro atoms. The molecule has 1 fully saturated rings. The molecule has 1 atom stereocenters. The first-order valence-electron chi connectivity index (χ1n) is 4.94. The summed E-state index contributed by atoms with van der Waals surface area (Å²) < 4.78 is 1.74. The molecule has 15 heavy (non-hydrogen) atoms. The van der Waals surface area contributed by atoms with Gasteiger partial charge < -0.3 is 15.2 Å². The Balaban J connectivity index is 2.17. The van der Waals surface area contributed by atoms with Crippen LogP contribution in [0.5, 0.6) is 0 Å². The lowest BCUT2D eigenvalue weighted by Crippen LogP contribution is -2.32. The minimum Gasteiger partial charge on any atom is -0.345 e. The summed E-state index contributed by atoms with van der Waals surface area (Å²) in [5, 5.41) is 0.587. The van der Waals surface area contributed by atoms with Crippen LogP contribution in [0.2, 0.25) is 5.02 Å². The summed E-state index contributed by atoms with van der Waals surface area (Å²) in [5.41, 5.74) is 6.38. The summed E-state index contributed by atoms with van der Waals surface area (Å²) in [5.74, 6) is 0.0114. The Morgan fingerprint density at radius 2 is 2.40 bits per heavy atom. The Labute approximate surface area is 93.6 Å². The highest BCUT2D eigenvalue weighted by Crippen LogP contribution is 2.17. The standard InChI is InChI=1S/C10H14ClN3O/c1-13-5-7(11)4-9(13)10(15)14-3-2-8(12)6-14/h4-5,8H,2-3,6,12H2,1H3/t8-/m0/s1. The van der Waals surface area contributed by atoms with Gasteiger partial charge in [0.15, 0.2) is 0 Å². The van der Waals surface area contributed by atoms with E-state index in [0.29, 0.717) is 17.3 Å². The number of nitrogens with two attached hydrogens (primary N) is 1. The van der Waals surface area contributed by atoms with Crippen LogP contribution < -0.4 is 5.73 Å². The molecule has 0 unspecified atom stereocenters. The van der Waals surface area contributed by atoms with Gasteiger partial charge in [-0.15, -0.1) is 0 Å². The molecule has 1 aromatic rings. The zero-order valence-electron chi connectivity index (χ0n) is 8.61. The number of carbonyl (C=O) groups excluding carboxylic acids is 1. The Morgan fingerprint density at radius 1 is 1.67 bits per heavy atom. The number of carbonyl (C=O) groups is 1. The van der Waals surface area contributed by atoms with Gasteiger partial charge >= 0.3 is 0 Å². The number of rotatable bonds is 1. The molecule has 2 N–H and O–H groups in total. The van der Waals surface area contributed by atoms with Gasteiger partial charge in [0.05, 0.1) is 5.02 Å². The fourth-order valence-corrected chi connectivity index (χ4v) is 2.12. The Hall–Kier alpha value is -1.00. The molecule has 1 saturated heterocycles. The van der Waals surface area contributed by atoms with Crippen LogP contribution >= 0.6 is 11.6 Å². The molecule has 2 heterocycles. The minimum atomic E-state index is 0.0114. The molecular weight excluding hydrogens is 214 g/mol. The molecule has 0 saturated carbocycles. The number of hydrogen-bond donors (Lipinski definition) is 1. The van der Waals surface area contributed by atoms with Crippen molar-refractivity contribution in [3.8, 4) is 0 Å². The van der Waals surface area contributed by atoms with E-state index in [1.165, 1.54) is 0 Å². The van der Waals surface area contributed by atoms with Crippen LogP contribution in [0.4, 0.5) is 0 Å². The van der Waals surface area contributed by atoms with Gasteiger partial charge in [-0.2, -0.15) is 0 Å². The fourth-order valence-electron chi connectivity index (χ4n) is 1.87. The lowest BCUT2D eigenvalue weighted by atomic mass is 10.3. The fraction of sp³-hybridized carbons (Fsp3) is 0.500. The summed E-state index contributed by atoms with van der Waals surface area (Å²) >= 11 is 5.83. The highest BCUT2D eigenvalue weighted by atomic mass is 35.5. The van der Waals surface area contributed by atoms with E-state index in [1.807, 2.05) is 7.05 Å². The largest absolute Gasteiger partial charge is 0.345 e. The van der Waals surface area contributed by atoms with Crippen LogP contribution in [-0.2, 0) is 7.05 Å². The van der Waals surface area contributed by atoms with E-state index < -0.39 is 0 Å². The van der Waals surface area contributed by atoms with Crippen molar-refractivity contribution in [3.05, 3.63) is 23.0 Å². The predicted octanol–water partition coefficient (Wildman–Crippen LogP) is 0.852. The number of halogens is 1. The van der Waals surface area contributed by atoms with E-state index >= 15 is 0 Å². The van der Waals surface area contributed by atoms with E-state index in [0.717, 1.165) is 13.0 Å². The Bertz CT molecular complexity index is 388. The monoisotopic (exact) mass is 227 g/mol. The number of amides is 1. The van der Waals surface area contributed by atoms with Crippen molar-refractivity contribution in [1.82, 2.24) is 9.47 Å². The molecule has 0 aliphatic carbocycles. The first-order chi connectivity index (χ1) is 7.08. The minimum absolute atomic E-state index is 0.0114. The third-order valence-corrected chi connectivity index (χ3v) is 2.91. The molecule has 0 radical (unpaired) electrons. The van der Waals surface area contributed by atoms with Gasteiger partial charge in [-0.3, -0.25) is 4.79 Å². The summed E-state index contributed by atoms with van der Waals surface area (Å²) in [6, 6.07) is 1.80. The first kappa shape index (κ1) is 10.5. The lowest BCUT2D eigenvalue weighted by molar-refractivity contribution is 0.0781. The van der Waals surface area contributed by atoms with E-state index in [4.69, 9.17) is 17.3 Å². The van der Waals surface area contributed by atoms with Gasteiger partial charge in [0.1, 0.15) is 5.69 Å². The SMILES string of the molecule is Cn1cc(Cl)cc1C(=O)N1CC[C@H](N)C1. The molecule has 1 aliphatic heterocycles. The van der Waals surface area contributed by atoms with E-state index in [2.05, 4.69) is 0 Å². The average molecular weight is 228 g/mol. The van der Waals surface area contributed by atoms with E-state index in [1.54, 1.807) is 21.7 Å².